The van der Waals surface area contributed by atoms with Crippen LogP contribution in [0.3, 0.4) is 0 Å². The van der Waals surface area contributed by atoms with Crippen molar-refractivity contribution in [3.05, 3.63) is 49.3 Å². The van der Waals surface area contributed by atoms with Gasteiger partial charge in [-0.1, -0.05) is 29.3 Å². The predicted molar refractivity (Wildman–Crippen MR) is 90.9 cm³/mol. The van der Waals surface area contributed by atoms with Gasteiger partial charge in [0.05, 0.1) is 26.8 Å². The highest BCUT2D eigenvalue weighted by Crippen LogP contribution is 2.36. The second-order valence-corrected chi connectivity index (χ2v) is 6.65. The molecular weight excluding hydrogens is 429 g/mol. The number of fused-ring (bicyclic) bond motifs is 1. The molecule has 102 valence electrons. The van der Waals surface area contributed by atoms with Crippen molar-refractivity contribution >= 4 is 72.0 Å². The first-order valence-corrected chi connectivity index (χ1v) is 7.90. The van der Waals surface area contributed by atoms with Crippen LogP contribution < -0.4 is 5.73 Å². The molecule has 2 aromatic carbocycles. The third kappa shape index (κ3) is 2.22. The minimum absolute atomic E-state index is 0.367. The summed E-state index contributed by atoms with van der Waals surface area (Å²) in [5, 5.41) is 0.915. The van der Waals surface area contributed by atoms with E-state index >= 15 is 0 Å². The molecule has 0 fully saturated rings. The van der Waals surface area contributed by atoms with Crippen LogP contribution in [0.1, 0.15) is 0 Å². The summed E-state index contributed by atoms with van der Waals surface area (Å²) in [5.74, 6) is 0.367. The average Bonchev–Trinajstić information content (AvgIpc) is 2.67. The van der Waals surface area contributed by atoms with Crippen molar-refractivity contribution in [2.75, 3.05) is 5.73 Å². The second kappa shape index (κ2) is 5.22. The van der Waals surface area contributed by atoms with Crippen LogP contribution in [0.15, 0.2) is 39.3 Å². The molecule has 0 saturated heterocycles. The van der Waals surface area contributed by atoms with Gasteiger partial charge in [-0.2, -0.15) is 0 Å². The average molecular weight is 436 g/mol. The van der Waals surface area contributed by atoms with Crippen molar-refractivity contribution in [3.8, 4) is 5.69 Å². The number of imidazole rings is 1. The molecule has 0 saturated carbocycles. The quantitative estimate of drug-likeness (QED) is 0.553. The minimum Gasteiger partial charge on any atom is -0.369 e. The van der Waals surface area contributed by atoms with E-state index in [1.165, 1.54) is 0 Å². The van der Waals surface area contributed by atoms with E-state index in [0.29, 0.717) is 21.5 Å². The van der Waals surface area contributed by atoms with Crippen molar-refractivity contribution in [2.45, 2.75) is 0 Å². The highest BCUT2D eigenvalue weighted by molar-refractivity contribution is 9.11. The van der Waals surface area contributed by atoms with E-state index in [1.54, 1.807) is 12.1 Å². The Labute approximate surface area is 141 Å². The SMILES string of the molecule is Nc1nc2cc(Cl)c(Cl)cc2n1-c1c(Br)cccc1Br. The lowest BCUT2D eigenvalue weighted by Gasteiger charge is -2.11. The number of benzene rings is 2. The predicted octanol–water partition coefficient (Wildman–Crippen LogP) is 5.44. The summed E-state index contributed by atoms with van der Waals surface area (Å²) in [6.07, 6.45) is 0. The van der Waals surface area contributed by atoms with Crippen LogP contribution in [0.5, 0.6) is 0 Å². The number of nitrogen functional groups attached to an aromatic ring is 1. The summed E-state index contributed by atoms with van der Waals surface area (Å²) in [6.45, 7) is 0. The van der Waals surface area contributed by atoms with Gasteiger partial charge in [-0.3, -0.25) is 4.57 Å². The monoisotopic (exact) mass is 433 g/mol. The lowest BCUT2D eigenvalue weighted by atomic mass is 10.3. The first-order chi connectivity index (χ1) is 9.49. The molecule has 0 amide bonds. The van der Waals surface area contributed by atoms with Gasteiger partial charge in [0.2, 0.25) is 5.95 Å². The van der Waals surface area contributed by atoms with Gasteiger partial charge in [-0.05, 0) is 56.1 Å². The number of nitrogens with two attached hydrogens (primary N) is 1. The number of nitrogens with zero attached hydrogens (tertiary/aromatic N) is 2. The maximum Gasteiger partial charge on any atom is 0.206 e. The number of aromatic nitrogens is 2. The van der Waals surface area contributed by atoms with Crippen molar-refractivity contribution < 1.29 is 0 Å². The molecule has 20 heavy (non-hydrogen) atoms. The molecule has 0 spiro atoms. The van der Waals surface area contributed by atoms with Crippen LogP contribution in [0, 0.1) is 0 Å². The fourth-order valence-corrected chi connectivity index (χ4v) is 3.70. The first-order valence-electron chi connectivity index (χ1n) is 5.56. The van der Waals surface area contributed by atoms with Crippen molar-refractivity contribution in [1.29, 1.82) is 0 Å². The van der Waals surface area contributed by atoms with Crippen molar-refractivity contribution in [3.63, 3.8) is 0 Å². The Balaban J connectivity index is 2.42. The fraction of sp³-hybridized carbons (Fsp3) is 0. The Bertz CT molecular complexity index is 810. The largest absolute Gasteiger partial charge is 0.369 e. The van der Waals surface area contributed by atoms with E-state index in [4.69, 9.17) is 28.9 Å². The molecule has 0 aliphatic heterocycles. The summed E-state index contributed by atoms with van der Waals surface area (Å²) < 4.78 is 3.61. The Kier molecular flexibility index (Phi) is 3.71. The Hall–Kier alpha value is -0.750. The highest BCUT2D eigenvalue weighted by Gasteiger charge is 2.16. The van der Waals surface area contributed by atoms with E-state index in [9.17, 15) is 0 Å². The smallest absolute Gasteiger partial charge is 0.206 e. The molecule has 3 nitrogen and oxygen atoms in total. The first kappa shape index (κ1) is 14.2. The molecule has 2 N–H and O–H groups in total. The van der Waals surface area contributed by atoms with Gasteiger partial charge in [0.15, 0.2) is 0 Å². The summed E-state index contributed by atoms with van der Waals surface area (Å²) in [5.41, 5.74) is 8.40. The molecule has 1 heterocycles. The van der Waals surface area contributed by atoms with Gasteiger partial charge in [-0.25, -0.2) is 4.98 Å². The van der Waals surface area contributed by atoms with Crippen LogP contribution >= 0.6 is 55.1 Å². The number of hydrogen-bond donors (Lipinski definition) is 1. The minimum atomic E-state index is 0.367. The van der Waals surface area contributed by atoms with E-state index in [2.05, 4.69) is 36.8 Å². The molecule has 3 aromatic rings. The summed E-state index contributed by atoms with van der Waals surface area (Å²) in [6, 6.07) is 9.26. The van der Waals surface area contributed by atoms with Gasteiger partial charge < -0.3 is 5.73 Å². The van der Waals surface area contributed by atoms with Crippen molar-refractivity contribution in [1.82, 2.24) is 9.55 Å². The molecule has 0 unspecified atom stereocenters. The molecule has 0 radical (unpaired) electrons. The van der Waals surface area contributed by atoms with Crippen LogP contribution in [0.25, 0.3) is 16.7 Å². The molecule has 0 bridgehead atoms. The fourth-order valence-electron chi connectivity index (χ4n) is 2.03. The highest BCUT2D eigenvalue weighted by atomic mass is 79.9. The summed E-state index contributed by atoms with van der Waals surface area (Å²) in [4.78, 5) is 4.33. The van der Waals surface area contributed by atoms with Crippen LogP contribution in [0.2, 0.25) is 10.0 Å². The number of halogens is 4. The number of rotatable bonds is 1. The molecule has 0 aliphatic carbocycles. The third-order valence-electron chi connectivity index (χ3n) is 2.88. The lowest BCUT2D eigenvalue weighted by molar-refractivity contribution is 1.09. The Morgan fingerprint density at radius 1 is 1.05 bits per heavy atom. The van der Waals surface area contributed by atoms with Gasteiger partial charge in [0.25, 0.3) is 0 Å². The second-order valence-electron chi connectivity index (χ2n) is 4.13. The zero-order valence-corrected chi connectivity index (χ0v) is 14.6. The van der Waals surface area contributed by atoms with E-state index in [1.807, 2.05) is 22.8 Å². The zero-order chi connectivity index (χ0) is 14.4. The molecule has 0 atom stereocenters. The topological polar surface area (TPSA) is 43.8 Å². The standard InChI is InChI=1S/C13H7Br2Cl2N3/c14-6-2-1-3-7(15)12(6)20-11-5-9(17)8(16)4-10(11)19-13(20)18/h1-5H,(H2,18,19). The van der Waals surface area contributed by atoms with Crippen LogP contribution in [0.4, 0.5) is 5.95 Å². The zero-order valence-electron chi connectivity index (χ0n) is 9.87. The molecule has 1 aromatic heterocycles. The molecular formula is C13H7Br2Cl2N3. The Morgan fingerprint density at radius 2 is 1.65 bits per heavy atom. The number of hydrogen-bond acceptors (Lipinski definition) is 2. The van der Waals surface area contributed by atoms with Crippen LogP contribution in [-0.2, 0) is 0 Å². The van der Waals surface area contributed by atoms with Gasteiger partial charge in [0, 0.05) is 8.95 Å². The lowest BCUT2D eigenvalue weighted by Crippen LogP contribution is -2.02. The molecule has 0 aliphatic rings. The van der Waals surface area contributed by atoms with Crippen molar-refractivity contribution in [2.24, 2.45) is 0 Å². The molecule has 3 rings (SSSR count). The maximum absolute atomic E-state index is 6.10. The summed E-state index contributed by atoms with van der Waals surface area (Å²) >= 11 is 19.2. The normalized spacial score (nSPS) is 11.2. The van der Waals surface area contributed by atoms with E-state index in [-0.39, 0.29) is 0 Å². The Morgan fingerprint density at radius 3 is 2.30 bits per heavy atom. The molecule has 7 heteroatoms. The summed E-state index contributed by atoms with van der Waals surface area (Å²) in [7, 11) is 0. The van der Waals surface area contributed by atoms with Crippen LogP contribution in [-0.4, -0.2) is 9.55 Å². The van der Waals surface area contributed by atoms with E-state index < -0.39 is 0 Å². The van der Waals surface area contributed by atoms with E-state index in [0.717, 1.165) is 20.1 Å². The van der Waals surface area contributed by atoms with Gasteiger partial charge >= 0.3 is 0 Å². The number of para-hydroxylation sites is 1. The maximum atomic E-state index is 6.10. The van der Waals surface area contributed by atoms with Gasteiger partial charge in [-0.15, -0.1) is 0 Å². The third-order valence-corrected chi connectivity index (χ3v) is 4.89. The number of anilines is 1. The van der Waals surface area contributed by atoms with Gasteiger partial charge in [0.1, 0.15) is 0 Å².